The zero-order valence-electron chi connectivity index (χ0n) is 11.9. The van der Waals surface area contributed by atoms with Gasteiger partial charge in [-0.2, -0.15) is 0 Å². The van der Waals surface area contributed by atoms with E-state index in [1.165, 1.54) is 6.42 Å². The second-order valence-electron chi connectivity index (χ2n) is 5.40. The van der Waals surface area contributed by atoms with Crippen molar-refractivity contribution < 1.29 is 9.53 Å². The standard InChI is InChI=1S/C16H23NO2/c1-17(2)14-7-3-6-13(12-14)16(18)10-4-8-15-9-5-11-19-15/h3,6-7,12,15H,4-5,8-11H2,1-2H3. The van der Waals surface area contributed by atoms with E-state index in [0.717, 1.165) is 37.1 Å². The first kappa shape index (κ1) is 14.1. The first-order chi connectivity index (χ1) is 9.16. The monoisotopic (exact) mass is 261 g/mol. The van der Waals surface area contributed by atoms with Gasteiger partial charge in [0.05, 0.1) is 6.10 Å². The van der Waals surface area contributed by atoms with Crippen LogP contribution in [0.5, 0.6) is 0 Å². The average molecular weight is 261 g/mol. The summed E-state index contributed by atoms with van der Waals surface area (Å²) in [6.07, 6.45) is 5.28. The van der Waals surface area contributed by atoms with E-state index in [1.807, 2.05) is 43.3 Å². The lowest BCUT2D eigenvalue weighted by molar-refractivity contribution is 0.0923. The van der Waals surface area contributed by atoms with Crippen molar-refractivity contribution in [3.05, 3.63) is 29.8 Å². The van der Waals surface area contributed by atoms with Gasteiger partial charge in [0.1, 0.15) is 0 Å². The van der Waals surface area contributed by atoms with Gasteiger partial charge in [0.25, 0.3) is 0 Å². The van der Waals surface area contributed by atoms with Crippen LogP contribution in [0.3, 0.4) is 0 Å². The van der Waals surface area contributed by atoms with Gasteiger partial charge in [-0.25, -0.2) is 0 Å². The third-order valence-electron chi connectivity index (χ3n) is 3.64. The highest BCUT2D eigenvalue weighted by Crippen LogP contribution is 2.19. The Morgan fingerprint density at radius 1 is 1.42 bits per heavy atom. The van der Waals surface area contributed by atoms with Crippen LogP contribution in [0.25, 0.3) is 0 Å². The van der Waals surface area contributed by atoms with Gasteiger partial charge in [0.15, 0.2) is 5.78 Å². The number of ether oxygens (including phenoxy) is 1. The van der Waals surface area contributed by atoms with Crippen LogP contribution in [0.1, 0.15) is 42.5 Å². The number of ketones is 1. The van der Waals surface area contributed by atoms with Crippen LogP contribution in [0, 0.1) is 0 Å². The Labute approximate surface area is 115 Å². The summed E-state index contributed by atoms with van der Waals surface area (Å²) in [5.41, 5.74) is 1.89. The minimum Gasteiger partial charge on any atom is -0.378 e. The smallest absolute Gasteiger partial charge is 0.162 e. The fourth-order valence-corrected chi connectivity index (χ4v) is 2.46. The molecule has 104 valence electrons. The number of hydrogen-bond acceptors (Lipinski definition) is 3. The lowest BCUT2D eigenvalue weighted by Crippen LogP contribution is -2.10. The Hall–Kier alpha value is -1.35. The summed E-state index contributed by atoms with van der Waals surface area (Å²) in [5.74, 6) is 0.238. The molecule has 0 radical (unpaired) electrons. The minimum absolute atomic E-state index is 0.238. The van der Waals surface area contributed by atoms with Gasteiger partial charge in [-0.05, 0) is 37.8 Å². The third kappa shape index (κ3) is 4.06. The molecule has 0 amide bonds. The highest BCUT2D eigenvalue weighted by atomic mass is 16.5. The number of carbonyl (C=O) groups is 1. The molecule has 1 aromatic rings. The van der Waals surface area contributed by atoms with E-state index in [2.05, 4.69) is 0 Å². The lowest BCUT2D eigenvalue weighted by atomic mass is 10.0. The molecule has 1 aliphatic rings. The summed E-state index contributed by atoms with van der Waals surface area (Å²) < 4.78 is 5.57. The quantitative estimate of drug-likeness (QED) is 0.736. The van der Waals surface area contributed by atoms with Crippen molar-refractivity contribution in [2.24, 2.45) is 0 Å². The van der Waals surface area contributed by atoms with E-state index < -0.39 is 0 Å². The van der Waals surface area contributed by atoms with Crippen LogP contribution in [0.2, 0.25) is 0 Å². The average Bonchev–Trinajstić information content (AvgIpc) is 2.92. The normalized spacial score (nSPS) is 18.5. The van der Waals surface area contributed by atoms with Gasteiger partial charge in [-0.3, -0.25) is 4.79 Å². The Morgan fingerprint density at radius 2 is 2.26 bits per heavy atom. The fraction of sp³-hybridized carbons (Fsp3) is 0.562. The Kier molecular flexibility index (Phi) is 4.97. The molecule has 0 N–H and O–H groups in total. The first-order valence-electron chi connectivity index (χ1n) is 7.09. The summed E-state index contributed by atoms with van der Waals surface area (Å²) in [7, 11) is 3.97. The molecule has 1 unspecified atom stereocenters. The molecule has 1 aromatic carbocycles. The van der Waals surface area contributed by atoms with Crippen molar-refractivity contribution in [3.8, 4) is 0 Å². The number of carbonyl (C=O) groups excluding carboxylic acids is 1. The number of benzene rings is 1. The lowest BCUT2D eigenvalue weighted by Gasteiger charge is -2.13. The molecular formula is C16H23NO2. The maximum Gasteiger partial charge on any atom is 0.162 e. The van der Waals surface area contributed by atoms with E-state index in [0.29, 0.717) is 12.5 Å². The predicted molar refractivity (Wildman–Crippen MR) is 77.9 cm³/mol. The largest absolute Gasteiger partial charge is 0.378 e. The van der Waals surface area contributed by atoms with E-state index in [4.69, 9.17) is 4.74 Å². The van der Waals surface area contributed by atoms with E-state index in [9.17, 15) is 4.79 Å². The second kappa shape index (κ2) is 6.71. The van der Waals surface area contributed by atoms with Crippen LogP contribution >= 0.6 is 0 Å². The molecule has 0 bridgehead atoms. The molecule has 0 aliphatic carbocycles. The summed E-state index contributed by atoms with van der Waals surface area (Å²) >= 11 is 0. The van der Waals surface area contributed by atoms with Crippen molar-refractivity contribution in [2.75, 3.05) is 25.6 Å². The molecule has 0 spiro atoms. The summed E-state index contributed by atoms with van der Waals surface area (Å²) in [6.45, 7) is 0.892. The molecule has 2 rings (SSSR count). The Balaban J connectivity index is 1.83. The number of rotatable bonds is 6. The maximum atomic E-state index is 12.1. The molecule has 3 heteroatoms. The highest BCUT2D eigenvalue weighted by Gasteiger charge is 2.15. The Morgan fingerprint density at radius 3 is 2.95 bits per heavy atom. The van der Waals surface area contributed by atoms with Crippen molar-refractivity contribution in [1.29, 1.82) is 0 Å². The first-order valence-corrected chi connectivity index (χ1v) is 7.09. The highest BCUT2D eigenvalue weighted by molar-refractivity contribution is 5.96. The molecule has 1 saturated heterocycles. The van der Waals surface area contributed by atoms with Gasteiger partial charge in [0.2, 0.25) is 0 Å². The summed E-state index contributed by atoms with van der Waals surface area (Å²) in [6, 6.07) is 7.83. The molecule has 1 heterocycles. The third-order valence-corrected chi connectivity index (χ3v) is 3.64. The van der Waals surface area contributed by atoms with Crippen LogP contribution in [-0.2, 0) is 4.74 Å². The molecule has 1 atom stereocenters. The minimum atomic E-state index is 0.238. The zero-order valence-corrected chi connectivity index (χ0v) is 11.9. The maximum absolute atomic E-state index is 12.1. The summed E-state index contributed by atoms with van der Waals surface area (Å²) in [4.78, 5) is 14.2. The van der Waals surface area contributed by atoms with Crippen LogP contribution in [-0.4, -0.2) is 32.6 Å². The molecule has 1 aliphatic heterocycles. The second-order valence-corrected chi connectivity index (χ2v) is 5.40. The number of Topliss-reactive ketones (excluding diaryl/α,β-unsaturated/α-hetero) is 1. The molecule has 3 nitrogen and oxygen atoms in total. The van der Waals surface area contributed by atoms with Crippen LogP contribution in [0.4, 0.5) is 5.69 Å². The fourth-order valence-electron chi connectivity index (χ4n) is 2.46. The Bertz CT molecular complexity index is 423. The zero-order chi connectivity index (χ0) is 13.7. The molecule has 19 heavy (non-hydrogen) atoms. The molecular weight excluding hydrogens is 238 g/mol. The number of nitrogens with zero attached hydrogens (tertiary/aromatic N) is 1. The number of anilines is 1. The topological polar surface area (TPSA) is 29.5 Å². The predicted octanol–water partition coefficient (Wildman–Crippen LogP) is 3.28. The van der Waals surface area contributed by atoms with Gasteiger partial charge in [-0.15, -0.1) is 0 Å². The van der Waals surface area contributed by atoms with Gasteiger partial charge < -0.3 is 9.64 Å². The summed E-state index contributed by atoms with van der Waals surface area (Å²) in [5, 5.41) is 0. The molecule has 0 aromatic heterocycles. The van der Waals surface area contributed by atoms with E-state index in [1.54, 1.807) is 0 Å². The van der Waals surface area contributed by atoms with Crippen LogP contribution in [0.15, 0.2) is 24.3 Å². The SMILES string of the molecule is CN(C)c1cccc(C(=O)CCCC2CCCO2)c1. The van der Waals surface area contributed by atoms with Gasteiger partial charge in [0, 0.05) is 38.4 Å². The van der Waals surface area contributed by atoms with Crippen molar-refractivity contribution >= 4 is 11.5 Å². The van der Waals surface area contributed by atoms with E-state index in [-0.39, 0.29) is 5.78 Å². The van der Waals surface area contributed by atoms with Gasteiger partial charge in [-0.1, -0.05) is 12.1 Å². The van der Waals surface area contributed by atoms with Gasteiger partial charge >= 0.3 is 0 Å². The van der Waals surface area contributed by atoms with Crippen molar-refractivity contribution in [2.45, 2.75) is 38.2 Å². The number of hydrogen-bond donors (Lipinski definition) is 0. The molecule has 0 saturated carbocycles. The van der Waals surface area contributed by atoms with Crippen LogP contribution < -0.4 is 4.90 Å². The van der Waals surface area contributed by atoms with Crippen molar-refractivity contribution in [1.82, 2.24) is 0 Å². The molecule has 1 fully saturated rings. The van der Waals surface area contributed by atoms with Crippen molar-refractivity contribution in [3.63, 3.8) is 0 Å². The van der Waals surface area contributed by atoms with E-state index >= 15 is 0 Å².